The smallest absolute Gasteiger partial charge is 0.306 e. The molecule has 1 atom stereocenters. The number of amides is 1. The summed E-state index contributed by atoms with van der Waals surface area (Å²) < 4.78 is 0. The van der Waals surface area contributed by atoms with Crippen LogP contribution in [0, 0.1) is 11.8 Å². The molecule has 5 heteroatoms. The minimum absolute atomic E-state index is 0.219. The van der Waals surface area contributed by atoms with E-state index in [1.165, 1.54) is 0 Å². The summed E-state index contributed by atoms with van der Waals surface area (Å²) in [7, 11) is 0. The number of nitrogens with two attached hydrogens (primary N) is 1. The molecule has 1 saturated heterocycles. The van der Waals surface area contributed by atoms with Crippen LogP contribution in [0.25, 0.3) is 0 Å². The molecule has 0 radical (unpaired) electrons. The lowest BCUT2D eigenvalue weighted by atomic mass is 9.87. The molecule has 0 aromatic heterocycles. The number of hydrogen-bond donors (Lipinski definition) is 2. The zero-order valence-electron chi connectivity index (χ0n) is 10.9. The number of carboxylic acid groups (broad SMARTS) is 1. The zero-order chi connectivity index (χ0) is 14.0. The van der Waals surface area contributed by atoms with E-state index in [0.717, 1.165) is 25.2 Å². The fourth-order valence-electron chi connectivity index (χ4n) is 2.34. The van der Waals surface area contributed by atoms with E-state index in [9.17, 15) is 9.59 Å². The number of benzene rings is 1. The van der Waals surface area contributed by atoms with Gasteiger partial charge in [0.1, 0.15) is 0 Å². The molecule has 0 aliphatic carbocycles. The van der Waals surface area contributed by atoms with Gasteiger partial charge in [0.15, 0.2) is 0 Å². The van der Waals surface area contributed by atoms with Crippen LogP contribution in [-0.4, -0.2) is 35.0 Å². The summed E-state index contributed by atoms with van der Waals surface area (Å²) in [6.45, 7) is 4.05. The van der Waals surface area contributed by atoms with E-state index in [4.69, 9.17) is 10.8 Å². The normalized spacial score (nSPS) is 17.7. The van der Waals surface area contributed by atoms with Crippen molar-refractivity contribution < 1.29 is 14.7 Å². The predicted octanol–water partition coefficient (Wildman–Crippen LogP) is 0.938. The van der Waals surface area contributed by atoms with Gasteiger partial charge in [-0.15, -0.1) is 0 Å². The fraction of sp³-hybridized carbons (Fsp3) is 0.429. The van der Waals surface area contributed by atoms with Gasteiger partial charge in [0.05, 0.1) is 5.92 Å². The molecule has 1 aromatic rings. The first-order valence-electron chi connectivity index (χ1n) is 6.31. The molecule has 102 valence electrons. The second-order valence-electron chi connectivity index (χ2n) is 5.15. The van der Waals surface area contributed by atoms with Gasteiger partial charge in [0.25, 0.3) is 0 Å². The van der Waals surface area contributed by atoms with Gasteiger partial charge in [-0.1, -0.05) is 19.1 Å². The maximum Gasteiger partial charge on any atom is 0.306 e. The van der Waals surface area contributed by atoms with E-state index in [-0.39, 0.29) is 11.8 Å². The van der Waals surface area contributed by atoms with Crippen LogP contribution in [0.1, 0.15) is 22.8 Å². The highest BCUT2D eigenvalue weighted by Gasteiger charge is 2.34. The molecule has 0 saturated carbocycles. The Balaban J connectivity index is 1.89. The van der Waals surface area contributed by atoms with Crippen molar-refractivity contribution in [2.24, 2.45) is 17.6 Å². The molecule has 1 unspecified atom stereocenters. The van der Waals surface area contributed by atoms with Gasteiger partial charge < -0.3 is 10.8 Å². The number of carbonyl (C=O) groups is 2. The largest absolute Gasteiger partial charge is 0.481 e. The van der Waals surface area contributed by atoms with Crippen LogP contribution in [0.5, 0.6) is 0 Å². The van der Waals surface area contributed by atoms with Crippen LogP contribution in [0.15, 0.2) is 24.3 Å². The Kier molecular flexibility index (Phi) is 3.85. The second-order valence-corrected chi connectivity index (χ2v) is 5.15. The lowest BCUT2D eigenvalue weighted by molar-refractivity contribution is -0.145. The lowest BCUT2D eigenvalue weighted by Gasteiger charge is -2.41. The Bertz CT molecular complexity index is 495. The minimum Gasteiger partial charge on any atom is -0.481 e. The number of likely N-dealkylation sites (tertiary alicyclic amines) is 1. The van der Waals surface area contributed by atoms with Crippen LogP contribution in [0.2, 0.25) is 0 Å². The van der Waals surface area contributed by atoms with Crippen molar-refractivity contribution in [1.82, 2.24) is 4.90 Å². The van der Waals surface area contributed by atoms with Crippen molar-refractivity contribution in [3.05, 3.63) is 35.4 Å². The Morgan fingerprint density at radius 1 is 1.47 bits per heavy atom. The highest BCUT2D eigenvalue weighted by atomic mass is 16.4. The van der Waals surface area contributed by atoms with E-state index in [1.807, 2.05) is 12.1 Å². The molecule has 1 fully saturated rings. The van der Waals surface area contributed by atoms with Crippen LogP contribution >= 0.6 is 0 Å². The molecule has 1 aliphatic rings. The van der Waals surface area contributed by atoms with E-state index >= 15 is 0 Å². The van der Waals surface area contributed by atoms with Gasteiger partial charge in [-0.05, 0) is 23.6 Å². The third-order valence-corrected chi connectivity index (χ3v) is 3.70. The molecule has 19 heavy (non-hydrogen) atoms. The summed E-state index contributed by atoms with van der Waals surface area (Å²) >= 11 is 0. The first-order valence-corrected chi connectivity index (χ1v) is 6.31. The van der Waals surface area contributed by atoms with E-state index in [2.05, 4.69) is 4.90 Å². The van der Waals surface area contributed by atoms with Gasteiger partial charge >= 0.3 is 5.97 Å². The average molecular weight is 262 g/mol. The molecular formula is C14H18N2O3. The third-order valence-electron chi connectivity index (χ3n) is 3.70. The minimum atomic E-state index is -0.736. The van der Waals surface area contributed by atoms with E-state index < -0.39 is 11.9 Å². The van der Waals surface area contributed by atoms with Crippen LogP contribution in [0.4, 0.5) is 0 Å². The monoisotopic (exact) mass is 262 g/mol. The highest BCUT2D eigenvalue weighted by molar-refractivity contribution is 5.92. The molecule has 1 aromatic carbocycles. The number of aliphatic carboxylic acids is 1. The molecule has 3 N–H and O–H groups in total. The van der Waals surface area contributed by atoms with Gasteiger partial charge in [-0.3, -0.25) is 14.5 Å². The standard InChI is InChI=1S/C14H18N2O3/c1-9(14(18)19)12-7-16(8-12)6-10-3-2-4-11(5-10)13(15)17/h2-5,9,12H,6-8H2,1H3,(H2,15,17)(H,18,19). The molecule has 1 aliphatic heterocycles. The lowest BCUT2D eigenvalue weighted by Crippen LogP contribution is -2.50. The molecule has 1 heterocycles. The summed E-state index contributed by atoms with van der Waals surface area (Å²) in [5, 5.41) is 8.92. The van der Waals surface area contributed by atoms with Crippen molar-refractivity contribution in [2.45, 2.75) is 13.5 Å². The quantitative estimate of drug-likeness (QED) is 0.827. The third kappa shape index (κ3) is 3.12. The first kappa shape index (κ1) is 13.5. The van der Waals surface area contributed by atoms with Crippen molar-refractivity contribution in [2.75, 3.05) is 13.1 Å². The molecule has 1 amide bonds. The molecule has 0 bridgehead atoms. The van der Waals surface area contributed by atoms with Crippen molar-refractivity contribution >= 4 is 11.9 Å². The van der Waals surface area contributed by atoms with Crippen molar-refractivity contribution in [3.63, 3.8) is 0 Å². The maximum atomic E-state index is 11.1. The Morgan fingerprint density at radius 3 is 2.74 bits per heavy atom. The highest BCUT2D eigenvalue weighted by Crippen LogP contribution is 2.25. The molecular weight excluding hydrogens is 244 g/mol. The Morgan fingerprint density at radius 2 is 2.16 bits per heavy atom. The summed E-state index contributed by atoms with van der Waals surface area (Å²) in [6.07, 6.45) is 0. The molecule has 2 rings (SSSR count). The number of hydrogen-bond acceptors (Lipinski definition) is 3. The number of carboxylic acids is 1. The topological polar surface area (TPSA) is 83.6 Å². The van der Waals surface area contributed by atoms with E-state index in [1.54, 1.807) is 19.1 Å². The fourth-order valence-corrected chi connectivity index (χ4v) is 2.34. The first-order chi connectivity index (χ1) is 8.97. The summed E-state index contributed by atoms with van der Waals surface area (Å²) in [5.74, 6) is -1.24. The molecule has 0 spiro atoms. The number of rotatable bonds is 5. The molecule has 5 nitrogen and oxygen atoms in total. The summed E-state index contributed by atoms with van der Waals surface area (Å²) in [4.78, 5) is 24.1. The summed E-state index contributed by atoms with van der Waals surface area (Å²) in [5.41, 5.74) is 6.77. The van der Waals surface area contributed by atoms with Crippen LogP contribution < -0.4 is 5.73 Å². The van der Waals surface area contributed by atoms with Crippen LogP contribution in [-0.2, 0) is 11.3 Å². The number of carbonyl (C=O) groups excluding carboxylic acids is 1. The zero-order valence-corrected chi connectivity index (χ0v) is 10.9. The van der Waals surface area contributed by atoms with Gasteiger partial charge in [-0.2, -0.15) is 0 Å². The summed E-state index contributed by atoms with van der Waals surface area (Å²) in [6, 6.07) is 7.24. The van der Waals surface area contributed by atoms with Gasteiger partial charge in [0.2, 0.25) is 5.91 Å². The van der Waals surface area contributed by atoms with Crippen molar-refractivity contribution in [1.29, 1.82) is 0 Å². The maximum absolute atomic E-state index is 11.1. The predicted molar refractivity (Wildman–Crippen MR) is 70.5 cm³/mol. The van der Waals surface area contributed by atoms with E-state index in [0.29, 0.717) is 5.56 Å². The average Bonchev–Trinajstić information content (AvgIpc) is 2.32. The van der Waals surface area contributed by atoms with Gasteiger partial charge in [-0.25, -0.2) is 0 Å². The Hall–Kier alpha value is -1.88. The Labute approximate surface area is 112 Å². The second kappa shape index (κ2) is 5.40. The number of nitrogens with zero attached hydrogens (tertiary/aromatic N) is 1. The number of primary amides is 1. The van der Waals surface area contributed by atoms with Crippen molar-refractivity contribution in [3.8, 4) is 0 Å². The SMILES string of the molecule is CC(C(=O)O)C1CN(Cc2cccc(C(N)=O)c2)C1. The van der Waals surface area contributed by atoms with Crippen LogP contribution in [0.3, 0.4) is 0 Å². The van der Waals surface area contributed by atoms with Gasteiger partial charge in [0, 0.05) is 25.2 Å².